The summed E-state index contributed by atoms with van der Waals surface area (Å²) < 4.78 is 5.30. The van der Waals surface area contributed by atoms with E-state index in [4.69, 9.17) is 10.5 Å². The summed E-state index contributed by atoms with van der Waals surface area (Å²) in [5.74, 6) is -4.31. The number of rotatable bonds is 17. The van der Waals surface area contributed by atoms with E-state index < -0.39 is 65.5 Å². The summed E-state index contributed by atoms with van der Waals surface area (Å²) in [6, 6.07) is 20.0. The number of ketones is 1. The summed E-state index contributed by atoms with van der Waals surface area (Å²) in [6.45, 7) is 7.37. The number of fused-ring (bicyclic) bond motifs is 1. The van der Waals surface area contributed by atoms with Gasteiger partial charge in [-0.3, -0.25) is 24.0 Å². The molecule has 1 aliphatic heterocycles. The zero-order chi connectivity index (χ0) is 37.1. The maximum atomic E-state index is 13.5. The lowest BCUT2D eigenvalue weighted by atomic mass is 9.91. The Kier molecular flexibility index (Phi) is 13.7. The lowest BCUT2D eigenvalue weighted by Gasteiger charge is -2.39. The number of carbonyl (C=O) groups is 6. The first-order valence-electron chi connectivity index (χ1n) is 17.5. The average Bonchev–Trinajstić information content (AvgIpc) is 3.09. The minimum Gasteiger partial charge on any atom is -0.445 e. The van der Waals surface area contributed by atoms with Gasteiger partial charge >= 0.3 is 6.09 Å². The normalized spacial score (nSPS) is 15.2. The molecule has 4 rings (SSSR count). The van der Waals surface area contributed by atoms with Gasteiger partial charge in [0.2, 0.25) is 23.5 Å². The third-order valence-electron chi connectivity index (χ3n) is 9.27. The van der Waals surface area contributed by atoms with Gasteiger partial charge < -0.3 is 31.3 Å². The van der Waals surface area contributed by atoms with Crippen molar-refractivity contribution >= 4 is 46.3 Å². The van der Waals surface area contributed by atoms with Gasteiger partial charge in [-0.25, -0.2) is 4.79 Å². The molecule has 12 nitrogen and oxygen atoms in total. The second-order valence-electron chi connectivity index (χ2n) is 13.7. The highest BCUT2D eigenvalue weighted by Crippen LogP contribution is 2.21. The standard InChI is InChI=1S/C39H49N5O7/c1-5-25(4)33(43-37(48)32(19-24(2)3)42-39(50)51-23-27-11-7-6-8-12-27)34(45)38(49)44-21-30(22-44)36(47)41-31(35(40)46)18-16-26-15-17-28-13-9-10-14-29(28)20-26/h6-15,17,20,24-25,30-33H,5,16,18-19,21-23H2,1-4H3,(H2,40,46)(H,41,47)(H,42,50)(H,43,48)/t25-,31-,32-,33?/m0/s1. The number of benzene rings is 3. The topological polar surface area (TPSA) is 177 Å². The number of likely N-dealkylation sites (tertiary alicyclic amines) is 1. The molecule has 5 amide bonds. The van der Waals surface area contributed by atoms with Crippen molar-refractivity contribution in [3.05, 3.63) is 83.9 Å². The van der Waals surface area contributed by atoms with E-state index in [1.165, 1.54) is 4.90 Å². The van der Waals surface area contributed by atoms with Gasteiger partial charge in [-0.1, -0.05) is 107 Å². The fraction of sp³-hybridized carbons (Fsp3) is 0.436. The Morgan fingerprint density at radius 1 is 0.824 bits per heavy atom. The van der Waals surface area contributed by atoms with Crippen LogP contribution in [-0.4, -0.2) is 71.6 Å². The third-order valence-corrected chi connectivity index (χ3v) is 9.27. The molecule has 0 saturated carbocycles. The molecule has 0 radical (unpaired) electrons. The Morgan fingerprint density at radius 2 is 1.49 bits per heavy atom. The van der Waals surface area contributed by atoms with Crippen molar-refractivity contribution in [1.29, 1.82) is 0 Å². The van der Waals surface area contributed by atoms with Crippen LogP contribution in [0.4, 0.5) is 4.79 Å². The Labute approximate surface area is 298 Å². The number of ether oxygens (including phenoxy) is 1. The number of hydrogen-bond donors (Lipinski definition) is 4. The molecule has 5 N–H and O–H groups in total. The van der Waals surface area contributed by atoms with E-state index in [2.05, 4.69) is 16.0 Å². The molecule has 1 heterocycles. The van der Waals surface area contributed by atoms with Crippen molar-refractivity contribution in [3.63, 3.8) is 0 Å². The lowest BCUT2D eigenvalue weighted by Crippen LogP contribution is -2.62. The monoisotopic (exact) mass is 699 g/mol. The smallest absolute Gasteiger partial charge is 0.408 e. The van der Waals surface area contributed by atoms with Gasteiger partial charge in [-0.05, 0) is 53.0 Å². The molecular weight excluding hydrogens is 650 g/mol. The van der Waals surface area contributed by atoms with Crippen LogP contribution < -0.4 is 21.7 Å². The van der Waals surface area contributed by atoms with Crippen LogP contribution in [0.1, 0.15) is 58.1 Å². The molecule has 1 fully saturated rings. The molecule has 3 aromatic carbocycles. The summed E-state index contributed by atoms with van der Waals surface area (Å²) in [7, 11) is 0. The zero-order valence-electron chi connectivity index (χ0n) is 29.7. The molecule has 3 aromatic rings. The number of primary amides is 1. The molecule has 1 saturated heterocycles. The molecule has 51 heavy (non-hydrogen) atoms. The molecule has 12 heteroatoms. The number of nitrogens with one attached hydrogen (secondary N) is 3. The first-order chi connectivity index (χ1) is 24.4. The number of carbonyl (C=O) groups excluding carboxylic acids is 6. The van der Waals surface area contributed by atoms with E-state index in [0.29, 0.717) is 19.3 Å². The van der Waals surface area contributed by atoms with Gasteiger partial charge in [-0.2, -0.15) is 0 Å². The number of amides is 5. The minimum absolute atomic E-state index is 0.0154. The van der Waals surface area contributed by atoms with Crippen molar-refractivity contribution in [2.45, 2.75) is 78.1 Å². The van der Waals surface area contributed by atoms with Gasteiger partial charge in [0.05, 0.1) is 12.0 Å². The summed E-state index contributed by atoms with van der Waals surface area (Å²) in [6.07, 6.45) is 0.817. The number of aryl methyl sites for hydroxylation is 1. The maximum absolute atomic E-state index is 13.5. The van der Waals surface area contributed by atoms with Crippen LogP contribution in [0.15, 0.2) is 72.8 Å². The number of alkyl carbamates (subject to hydrolysis) is 1. The van der Waals surface area contributed by atoms with Crippen LogP contribution in [0.25, 0.3) is 10.8 Å². The Morgan fingerprint density at radius 3 is 2.14 bits per heavy atom. The zero-order valence-corrected chi connectivity index (χ0v) is 29.7. The second-order valence-corrected chi connectivity index (χ2v) is 13.7. The largest absolute Gasteiger partial charge is 0.445 e. The molecule has 0 aromatic heterocycles. The Hall–Kier alpha value is -5.26. The highest BCUT2D eigenvalue weighted by molar-refractivity contribution is 6.38. The van der Waals surface area contributed by atoms with Crippen LogP contribution >= 0.6 is 0 Å². The van der Waals surface area contributed by atoms with Crippen molar-refractivity contribution in [3.8, 4) is 0 Å². The highest BCUT2D eigenvalue weighted by atomic mass is 16.5. The van der Waals surface area contributed by atoms with Crippen molar-refractivity contribution in [1.82, 2.24) is 20.9 Å². The molecule has 0 spiro atoms. The predicted molar refractivity (Wildman–Crippen MR) is 193 cm³/mol. The summed E-state index contributed by atoms with van der Waals surface area (Å²) in [5, 5.41) is 10.2. The van der Waals surface area contributed by atoms with E-state index in [1.807, 2.05) is 93.6 Å². The second kappa shape index (κ2) is 18.1. The highest BCUT2D eigenvalue weighted by Gasteiger charge is 2.42. The number of hydrogen-bond acceptors (Lipinski definition) is 7. The number of nitrogens with two attached hydrogens (primary N) is 1. The SMILES string of the molecule is CC[C@H](C)C(NC(=O)[C@H](CC(C)C)NC(=O)OCc1ccccc1)C(=O)C(=O)N1CC(C(=O)N[C@@H](CCc2ccc3ccccc3c2)C(N)=O)C1. The first kappa shape index (κ1) is 38.5. The fourth-order valence-electron chi connectivity index (χ4n) is 5.95. The molecular formula is C39H49N5O7. The minimum atomic E-state index is -1.14. The lowest BCUT2D eigenvalue weighted by molar-refractivity contribution is -0.153. The van der Waals surface area contributed by atoms with E-state index >= 15 is 0 Å². The van der Waals surface area contributed by atoms with Crippen molar-refractivity contribution < 1.29 is 33.5 Å². The quantitative estimate of drug-likeness (QED) is 0.156. The van der Waals surface area contributed by atoms with E-state index in [9.17, 15) is 28.8 Å². The maximum Gasteiger partial charge on any atom is 0.408 e. The predicted octanol–water partition coefficient (Wildman–Crippen LogP) is 3.64. The van der Waals surface area contributed by atoms with Crippen LogP contribution in [0.3, 0.4) is 0 Å². The van der Waals surface area contributed by atoms with Gasteiger partial charge in [0.1, 0.15) is 18.7 Å². The van der Waals surface area contributed by atoms with Crippen LogP contribution in [0.5, 0.6) is 0 Å². The summed E-state index contributed by atoms with van der Waals surface area (Å²) in [5.41, 5.74) is 7.41. The van der Waals surface area contributed by atoms with Crippen LogP contribution in [-0.2, 0) is 41.7 Å². The molecule has 4 atom stereocenters. The summed E-state index contributed by atoms with van der Waals surface area (Å²) >= 11 is 0. The number of nitrogens with zero attached hydrogens (tertiary/aromatic N) is 1. The Balaban J connectivity index is 1.30. The van der Waals surface area contributed by atoms with Gasteiger partial charge in [-0.15, -0.1) is 0 Å². The summed E-state index contributed by atoms with van der Waals surface area (Å²) in [4.78, 5) is 79.3. The Bertz CT molecular complexity index is 1710. The van der Waals surface area contributed by atoms with E-state index in [1.54, 1.807) is 6.92 Å². The number of Topliss-reactive ketones (excluding diaryl/α,β-unsaturated/α-hetero) is 1. The molecule has 1 unspecified atom stereocenters. The van der Waals surface area contributed by atoms with Gasteiger partial charge in [0, 0.05) is 13.1 Å². The van der Waals surface area contributed by atoms with Crippen molar-refractivity contribution in [2.24, 2.45) is 23.5 Å². The van der Waals surface area contributed by atoms with Crippen molar-refractivity contribution in [2.75, 3.05) is 13.1 Å². The van der Waals surface area contributed by atoms with Crippen LogP contribution in [0, 0.1) is 17.8 Å². The van der Waals surface area contributed by atoms with Gasteiger partial charge in [0.25, 0.3) is 5.91 Å². The van der Waals surface area contributed by atoms with E-state index in [0.717, 1.165) is 21.9 Å². The third kappa shape index (κ3) is 10.9. The first-order valence-corrected chi connectivity index (χ1v) is 17.5. The molecule has 1 aliphatic rings. The molecule has 0 aliphatic carbocycles. The molecule has 272 valence electrons. The van der Waals surface area contributed by atoms with Gasteiger partial charge in [0.15, 0.2) is 0 Å². The fourth-order valence-corrected chi connectivity index (χ4v) is 5.95. The average molecular weight is 700 g/mol. The van der Waals surface area contributed by atoms with E-state index in [-0.39, 0.29) is 32.0 Å². The molecule has 0 bridgehead atoms. The van der Waals surface area contributed by atoms with Crippen LogP contribution in [0.2, 0.25) is 0 Å².